The van der Waals surface area contributed by atoms with E-state index in [2.05, 4.69) is 21.2 Å². The molecule has 0 aromatic heterocycles. The molecule has 2 aromatic rings. The standard InChI is InChI=1S/C18H14BrNO4S/c1-23-14-8-12(9-15-17(21)20-18(22)25-15)7-13(19)16(14)24-10-11-5-3-2-4-6-11/h2-9H,10H2,1H3,(H,20,21,22)/b15-9+. The third kappa shape index (κ3) is 4.24. The highest BCUT2D eigenvalue weighted by atomic mass is 79.9. The Kier molecular flexibility index (Phi) is 5.45. The lowest BCUT2D eigenvalue weighted by Crippen LogP contribution is -2.17. The summed E-state index contributed by atoms with van der Waals surface area (Å²) in [6.07, 6.45) is 1.64. The fraction of sp³-hybridized carbons (Fsp3) is 0.111. The fourth-order valence-electron chi connectivity index (χ4n) is 2.27. The number of imide groups is 1. The molecule has 1 aliphatic heterocycles. The summed E-state index contributed by atoms with van der Waals surface area (Å²) in [6, 6.07) is 13.4. The lowest BCUT2D eigenvalue weighted by Gasteiger charge is -2.13. The van der Waals surface area contributed by atoms with Crippen LogP contribution in [0.2, 0.25) is 0 Å². The Balaban J connectivity index is 1.85. The molecule has 2 amide bonds. The molecule has 128 valence electrons. The Morgan fingerprint density at radius 1 is 1.20 bits per heavy atom. The number of benzene rings is 2. The van der Waals surface area contributed by atoms with Crippen molar-refractivity contribution in [3.63, 3.8) is 0 Å². The lowest BCUT2D eigenvalue weighted by atomic mass is 10.2. The molecule has 1 heterocycles. The first-order valence-corrected chi connectivity index (χ1v) is 8.97. The van der Waals surface area contributed by atoms with Gasteiger partial charge in [-0.25, -0.2) is 0 Å². The Labute approximate surface area is 157 Å². The number of ether oxygens (including phenoxy) is 2. The van der Waals surface area contributed by atoms with Crippen molar-refractivity contribution in [2.24, 2.45) is 0 Å². The molecule has 7 heteroatoms. The van der Waals surface area contributed by atoms with Gasteiger partial charge in [0.15, 0.2) is 11.5 Å². The van der Waals surface area contributed by atoms with E-state index >= 15 is 0 Å². The summed E-state index contributed by atoms with van der Waals surface area (Å²) in [5.74, 6) is 0.717. The third-order valence-electron chi connectivity index (χ3n) is 3.42. The van der Waals surface area contributed by atoms with Crippen LogP contribution >= 0.6 is 27.7 Å². The van der Waals surface area contributed by atoms with Crippen molar-refractivity contribution in [1.29, 1.82) is 0 Å². The van der Waals surface area contributed by atoms with Crippen LogP contribution in [-0.2, 0) is 11.4 Å². The van der Waals surface area contributed by atoms with Gasteiger partial charge in [-0.3, -0.25) is 14.9 Å². The quantitative estimate of drug-likeness (QED) is 0.729. The minimum atomic E-state index is -0.394. The first kappa shape index (κ1) is 17.6. The Hall–Kier alpha value is -2.25. The van der Waals surface area contributed by atoms with Crippen molar-refractivity contribution in [3.05, 3.63) is 63.0 Å². The van der Waals surface area contributed by atoms with Crippen molar-refractivity contribution in [3.8, 4) is 11.5 Å². The third-order valence-corrected chi connectivity index (χ3v) is 4.82. The van der Waals surface area contributed by atoms with Gasteiger partial charge < -0.3 is 9.47 Å². The molecule has 3 rings (SSSR count). The number of thioether (sulfide) groups is 1. The summed E-state index contributed by atoms with van der Waals surface area (Å²) >= 11 is 4.35. The smallest absolute Gasteiger partial charge is 0.290 e. The molecular formula is C18H14BrNO4S. The zero-order chi connectivity index (χ0) is 17.8. The molecule has 25 heavy (non-hydrogen) atoms. The number of nitrogens with one attached hydrogen (secondary N) is 1. The summed E-state index contributed by atoms with van der Waals surface area (Å²) in [7, 11) is 1.55. The minimum Gasteiger partial charge on any atom is -0.493 e. The molecule has 1 aliphatic rings. The van der Waals surface area contributed by atoms with Crippen molar-refractivity contribution in [2.75, 3.05) is 7.11 Å². The Bertz CT molecular complexity index is 852. The minimum absolute atomic E-state index is 0.344. The van der Waals surface area contributed by atoms with Crippen LogP contribution in [-0.4, -0.2) is 18.3 Å². The average Bonchev–Trinajstić information content (AvgIpc) is 2.91. The van der Waals surface area contributed by atoms with E-state index in [0.29, 0.717) is 27.5 Å². The largest absolute Gasteiger partial charge is 0.493 e. The van der Waals surface area contributed by atoms with E-state index in [0.717, 1.165) is 22.9 Å². The highest BCUT2D eigenvalue weighted by Crippen LogP contribution is 2.38. The van der Waals surface area contributed by atoms with E-state index in [-0.39, 0.29) is 5.24 Å². The van der Waals surface area contributed by atoms with Gasteiger partial charge in [-0.2, -0.15) is 0 Å². The summed E-state index contributed by atoms with van der Waals surface area (Å²) < 4.78 is 12.0. The molecule has 0 aliphatic carbocycles. The summed E-state index contributed by atoms with van der Waals surface area (Å²) in [6.45, 7) is 0.406. The number of methoxy groups -OCH3 is 1. The second-order valence-electron chi connectivity index (χ2n) is 5.16. The molecule has 1 N–H and O–H groups in total. The highest BCUT2D eigenvalue weighted by Gasteiger charge is 2.25. The maximum atomic E-state index is 11.7. The van der Waals surface area contributed by atoms with Crippen LogP contribution in [0.3, 0.4) is 0 Å². The van der Waals surface area contributed by atoms with Gasteiger partial charge in [-0.05, 0) is 57.0 Å². The Morgan fingerprint density at radius 3 is 2.60 bits per heavy atom. The maximum absolute atomic E-state index is 11.7. The first-order chi connectivity index (χ1) is 12.1. The number of carbonyl (C=O) groups is 2. The molecular weight excluding hydrogens is 406 g/mol. The van der Waals surface area contributed by atoms with Gasteiger partial charge in [0.1, 0.15) is 6.61 Å². The molecule has 5 nitrogen and oxygen atoms in total. The SMILES string of the molecule is COc1cc(/C=C2/SC(=O)NC2=O)cc(Br)c1OCc1ccccc1. The second kappa shape index (κ2) is 7.76. The summed E-state index contributed by atoms with van der Waals surface area (Å²) in [4.78, 5) is 23.3. The van der Waals surface area contributed by atoms with Crippen LogP contribution in [0.4, 0.5) is 4.79 Å². The maximum Gasteiger partial charge on any atom is 0.290 e. The van der Waals surface area contributed by atoms with Crippen molar-refractivity contribution >= 4 is 44.9 Å². The molecule has 0 unspecified atom stereocenters. The van der Waals surface area contributed by atoms with Gasteiger partial charge in [0, 0.05) is 0 Å². The van der Waals surface area contributed by atoms with Gasteiger partial charge in [0.2, 0.25) is 0 Å². The highest BCUT2D eigenvalue weighted by molar-refractivity contribution is 9.10. The monoisotopic (exact) mass is 419 g/mol. The van der Waals surface area contributed by atoms with Gasteiger partial charge in [-0.15, -0.1) is 0 Å². The van der Waals surface area contributed by atoms with Crippen molar-refractivity contribution in [2.45, 2.75) is 6.61 Å². The molecule has 0 radical (unpaired) electrons. The van der Waals surface area contributed by atoms with Gasteiger partial charge in [0.05, 0.1) is 16.5 Å². The molecule has 0 spiro atoms. The van der Waals surface area contributed by atoms with Crippen molar-refractivity contribution < 1.29 is 19.1 Å². The normalized spacial score (nSPS) is 15.4. The molecule has 1 fully saturated rings. The van der Waals surface area contributed by atoms with E-state index in [9.17, 15) is 9.59 Å². The summed E-state index contributed by atoms with van der Waals surface area (Å²) in [5, 5.41) is 1.86. The molecule has 0 atom stereocenters. The lowest BCUT2D eigenvalue weighted by molar-refractivity contribution is -0.115. The Morgan fingerprint density at radius 2 is 1.96 bits per heavy atom. The molecule has 2 aromatic carbocycles. The van der Waals surface area contributed by atoms with E-state index in [1.54, 1.807) is 19.3 Å². The van der Waals surface area contributed by atoms with E-state index in [4.69, 9.17) is 9.47 Å². The van der Waals surface area contributed by atoms with Crippen LogP contribution < -0.4 is 14.8 Å². The van der Waals surface area contributed by atoms with Crippen molar-refractivity contribution in [1.82, 2.24) is 5.32 Å². The first-order valence-electron chi connectivity index (χ1n) is 7.36. The van der Waals surface area contributed by atoms with Gasteiger partial charge in [0.25, 0.3) is 11.1 Å². The van der Waals surface area contributed by atoms with Gasteiger partial charge >= 0.3 is 0 Å². The second-order valence-corrected chi connectivity index (χ2v) is 7.03. The average molecular weight is 420 g/mol. The van der Waals surface area contributed by atoms with Crippen LogP contribution in [0.15, 0.2) is 51.8 Å². The topological polar surface area (TPSA) is 64.6 Å². The zero-order valence-corrected chi connectivity index (χ0v) is 15.6. The zero-order valence-electron chi connectivity index (χ0n) is 13.2. The van der Waals surface area contributed by atoms with Gasteiger partial charge in [-0.1, -0.05) is 30.3 Å². The predicted octanol–water partition coefficient (Wildman–Crippen LogP) is 4.36. The van der Waals surface area contributed by atoms with E-state index < -0.39 is 5.91 Å². The molecule has 0 bridgehead atoms. The number of amides is 2. The fourth-order valence-corrected chi connectivity index (χ4v) is 3.52. The van der Waals surface area contributed by atoms with E-state index in [1.807, 2.05) is 36.4 Å². The number of hydrogen-bond acceptors (Lipinski definition) is 5. The van der Waals surface area contributed by atoms with Crippen LogP contribution in [0.5, 0.6) is 11.5 Å². The number of hydrogen-bond donors (Lipinski definition) is 1. The van der Waals surface area contributed by atoms with E-state index in [1.165, 1.54) is 0 Å². The van der Waals surface area contributed by atoms with Crippen LogP contribution in [0.25, 0.3) is 6.08 Å². The number of rotatable bonds is 5. The molecule has 0 saturated carbocycles. The summed E-state index contributed by atoms with van der Waals surface area (Å²) in [5.41, 5.74) is 1.77. The van der Waals surface area contributed by atoms with Crippen LogP contribution in [0.1, 0.15) is 11.1 Å². The molecule has 1 saturated heterocycles. The van der Waals surface area contributed by atoms with Crippen LogP contribution in [0, 0.1) is 0 Å². The number of carbonyl (C=O) groups excluding carboxylic acids is 2. The number of halogens is 1. The predicted molar refractivity (Wildman–Crippen MR) is 101 cm³/mol.